The number of imide groups is 1. The van der Waals surface area contributed by atoms with Crippen molar-refractivity contribution in [1.29, 1.82) is 0 Å². The zero-order chi connectivity index (χ0) is 18.6. The van der Waals surface area contributed by atoms with Gasteiger partial charge in [-0.05, 0) is 39.3 Å². The molecule has 0 aromatic heterocycles. The lowest BCUT2D eigenvalue weighted by Crippen LogP contribution is -2.47. The smallest absolute Gasteiger partial charge is 0.407 e. The van der Waals surface area contributed by atoms with Gasteiger partial charge < -0.3 is 10.1 Å². The number of fused-ring (bicyclic) bond motifs is 1. The Bertz CT molecular complexity index is 629. The van der Waals surface area contributed by atoms with Crippen LogP contribution in [0, 0.1) is 0 Å². The Morgan fingerprint density at radius 1 is 1.16 bits per heavy atom. The zero-order valence-electron chi connectivity index (χ0n) is 15.3. The van der Waals surface area contributed by atoms with Gasteiger partial charge in [-0.25, -0.2) is 4.79 Å². The van der Waals surface area contributed by atoms with E-state index < -0.39 is 11.7 Å². The normalized spacial score (nSPS) is 15.1. The molecule has 6 heteroatoms. The van der Waals surface area contributed by atoms with Gasteiger partial charge in [0.05, 0.1) is 17.2 Å². The molecule has 1 aromatic carbocycles. The highest BCUT2D eigenvalue weighted by atomic mass is 16.6. The number of hydrogen-bond donors (Lipinski definition) is 1. The third-order valence-electron chi connectivity index (χ3n) is 3.91. The van der Waals surface area contributed by atoms with Gasteiger partial charge in [0.15, 0.2) is 0 Å². The average Bonchev–Trinajstić information content (AvgIpc) is 2.76. The van der Waals surface area contributed by atoms with Crippen LogP contribution in [-0.2, 0) is 4.74 Å². The Hall–Kier alpha value is -2.37. The van der Waals surface area contributed by atoms with Crippen LogP contribution in [-0.4, -0.2) is 41.0 Å². The monoisotopic (exact) mass is 346 g/mol. The van der Waals surface area contributed by atoms with Gasteiger partial charge in [-0.15, -0.1) is 0 Å². The van der Waals surface area contributed by atoms with Crippen LogP contribution in [0.3, 0.4) is 0 Å². The molecule has 6 nitrogen and oxygen atoms in total. The first-order valence-electron chi connectivity index (χ1n) is 8.67. The molecule has 3 amide bonds. The largest absolute Gasteiger partial charge is 0.444 e. The van der Waals surface area contributed by atoms with E-state index in [-0.39, 0.29) is 24.4 Å². The number of carbonyl (C=O) groups is 3. The number of amides is 3. The van der Waals surface area contributed by atoms with Crippen LogP contribution < -0.4 is 5.32 Å². The van der Waals surface area contributed by atoms with Crippen molar-refractivity contribution in [3.8, 4) is 0 Å². The van der Waals surface area contributed by atoms with E-state index in [0.29, 0.717) is 17.5 Å². The Labute approximate surface area is 148 Å². The van der Waals surface area contributed by atoms with Crippen LogP contribution in [0.2, 0.25) is 0 Å². The summed E-state index contributed by atoms with van der Waals surface area (Å²) in [7, 11) is 0. The Morgan fingerprint density at radius 3 is 2.20 bits per heavy atom. The lowest BCUT2D eigenvalue weighted by atomic mass is 10.1. The number of nitrogens with one attached hydrogen (secondary N) is 1. The van der Waals surface area contributed by atoms with Gasteiger partial charge in [0, 0.05) is 6.54 Å². The molecule has 1 aliphatic rings. The van der Waals surface area contributed by atoms with E-state index in [2.05, 4.69) is 5.32 Å². The summed E-state index contributed by atoms with van der Waals surface area (Å²) < 4.78 is 5.29. The number of benzene rings is 1. The van der Waals surface area contributed by atoms with Gasteiger partial charge in [0.1, 0.15) is 5.60 Å². The molecular formula is C19H26N2O4. The van der Waals surface area contributed by atoms with Crippen molar-refractivity contribution in [2.75, 3.05) is 6.54 Å². The van der Waals surface area contributed by atoms with Crippen LogP contribution in [0.25, 0.3) is 0 Å². The Balaban J connectivity index is 2.08. The minimum absolute atomic E-state index is 0.144. The SMILES string of the molecule is CCCCC(CN1C(=O)c2ccccc2C1=O)NC(=O)OC(C)(C)C. The second-order valence-electron chi connectivity index (χ2n) is 7.25. The fourth-order valence-corrected chi connectivity index (χ4v) is 2.76. The molecule has 0 spiro atoms. The van der Waals surface area contributed by atoms with Gasteiger partial charge >= 0.3 is 6.09 Å². The van der Waals surface area contributed by atoms with Crippen LogP contribution in [0.5, 0.6) is 0 Å². The molecule has 0 saturated carbocycles. The molecule has 1 unspecified atom stereocenters. The molecule has 0 aliphatic carbocycles. The summed E-state index contributed by atoms with van der Waals surface area (Å²) in [5.41, 5.74) is 0.229. The fraction of sp³-hybridized carbons (Fsp3) is 0.526. The first kappa shape index (κ1) is 19.0. The van der Waals surface area contributed by atoms with Crippen LogP contribution in [0.1, 0.15) is 67.7 Å². The molecule has 1 N–H and O–H groups in total. The highest BCUT2D eigenvalue weighted by Crippen LogP contribution is 2.23. The summed E-state index contributed by atoms with van der Waals surface area (Å²) in [4.78, 5) is 38.3. The van der Waals surface area contributed by atoms with Crippen molar-refractivity contribution in [2.24, 2.45) is 0 Å². The fourth-order valence-electron chi connectivity index (χ4n) is 2.76. The summed E-state index contributed by atoms with van der Waals surface area (Å²) in [6.45, 7) is 7.56. The first-order valence-corrected chi connectivity index (χ1v) is 8.67. The number of ether oxygens (including phenoxy) is 1. The van der Waals surface area contributed by atoms with E-state index in [1.807, 2.05) is 6.92 Å². The van der Waals surface area contributed by atoms with Gasteiger partial charge in [-0.1, -0.05) is 31.9 Å². The third kappa shape index (κ3) is 4.81. The van der Waals surface area contributed by atoms with Gasteiger partial charge in [0.2, 0.25) is 0 Å². The summed E-state index contributed by atoms with van der Waals surface area (Å²) in [5, 5.41) is 2.80. The third-order valence-corrected chi connectivity index (χ3v) is 3.91. The Morgan fingerprint density at radius 2 is 1.72 bits per heavy atom. The van der Waals surface area contributed by atoms with Crippen molar-refractivity contribution in [3.63, 3.8) is 0 Å². The summed E-state index contributed by atoms with van der Waals surface area (Å²) in [6.07, 6.45) is 1.96. The maximum absolute atomic E-state index is 12.5. The predicted molar refractivity (Wildman–Crippen MR) is 94.5 cm³/mol. The maximum Gasteiger partial charge on any atom is 0.407 e. The zero-order valence-corrected chi connectivity index (χ0v) is 15.3. The summed E-state index contributed by atoms with van der Waals surface area (Å²) in [5.74, 6) is -0.624. The van der Waals surface area contributed by atoms with E-state index in [1.54, 1.807) is 45.0 Å². The molecule has 0 saturated heterocycles. The van der Waals surface area contributed by atoms with Crippen molar-refractivity contribution >= 4 is 17.9 Å². The molecule has 2 rings (SSSR count). The van der Waals surface area contributed by atoms with Gasteiger partial charge in [0.25, 0.3) is 11.8 Å². The van der Waals surface area contributed by atoms with Gasteiger partial charge in [-0.2, -0.15) is 0 Å². The quantitative estimate of drug-likeness (QED) is 0.801. The van der Waals surface area contributed by atoms with Crippen molar-refractivity contribution in [2.45, 2.75) is 58.6 Å². The predicted octanol–water partition coefficient (Wildman–Crippen LogP) is 3.37. The molecule has 1 aromatic rings. The van der Waals surface area contributed by atoms with Crippen LogP contribution >= 0.6 is 0 Å². The van der Waals surface area contributed by atoms with E-state index >= 15 is 0 Å². The van der Waals surface area contributed by atoms with E-state index in [4.69, 9.17) is 4.74 Å². The molecule has 25 heavy (non-hydrogen) atoms. The van der Waals surface area contributed by atoms with Crippen molar-refractivity contribution in [3.05, 3.63) is 35.4 Å². The van der Waals surface area contributed by atoms with Crippen LogP contribution in [0.4, 0.5) is 4.79 Å². The molecule has 136 valence electrons. The Kier molecular flexibility index (Phi) is 5.82. The second-order valence-corrected chi connectivity index (χ2v) is 7.25. The molecule has 0 bridgehead atoms. The van der Waals surface area contributed by atoms with E-state index in [0.717, 1.165) is 12.8 Å². The number of hydrogen-bond acceptors (Lipinski definition) is 4. The lowest BCUT2D eigenvalue weighted by Gasteiger charge is -2.26. The van der Waals surface area contributed by atoms with Crippen LogP contribution in [0.15, 0.2) is 24.3 Å². The second kappa shape index (κ2) is 7.68. The highest BCUT2D eigenvalue weighted by molar-refractivity contribution is 6.21. The number of alkyl carbamates (subject to hydrolysis) is 1. The van der Waals surface area contributed by atoms with E-state index in [9.17, 15) is 14.4 Å². The number of rotatable bonds is 6. The number of unbranched alkanes of at least 4 members (excludes halogenated alkanes) is 1. The maximum atomic E-state index is 12.5. The molecule has 1 atom stereocenters. The summed E-state index contributed by atoms with van der Waals surface area (Å²) >= 11 is 0. The first-order chi connectivity index (χ1) is 11.7. The standard InChI is InChI=1S/C19H26N2O4/c1-5-6-9-13(20-18(24)25-19(2,3)4)12-21-16(22)14-10-7-8-11-15(14)17(21)23/h7-8,10-11,13H,5-6,9,12H2,1-4H3,(H,20,24). The minimum Gasteiger partial charge on any atom is -0.444 e. The molecule has 0 radical (unpaired) electrons. The molecular weight excluding hydrogens is 320 g/mol. The number of carbonyl (C=O) groups excluding carboxylic acids is 3. The topological polar surface area (TPSA) is 75.7 Å². The average molecular weight is 346 g/mol. The van der Waals surface area contributed by atoms with Crippen molar-refractivity contribution < 1.29 is 19.1 Å². The molecule has 0 fully saturated rings. The number of nitrogens with zero attached hydrogens (tertiary/aromatic N) is 1. The molecule has 1 heterocycles. The minimum atomic E-state index is -0.602. The van der Waals surface area contributed by atoms with E-state index in [1.165, 1.54) is 4.90 Å². The van der Waals surface area contributed by atoms with Crippen molar-refractivity contribution in [1.82, 2.24) is 10.2 Å². The van der Waals surface area contributed by atoms with Gasteiger partial charge in [-0.3, -0.25) is 14.5 Å². The highest BCUT2D eigenvalue weighted by Gasteiger charge is 2.36. The molecule has 1 aliphatic heterocycles. The lowest BCUT2D eigenvalue weighted by molar-refractivity contribution is 0.0463. The summed E-state index contributed by atoms with van der Waals surface area (Å²) in [6, 6.07) is 6.44.